The lowest BCUT2D eigenvalue weighted by Gasteiger charge is -2.23. The lowest BCUT2D eigenvalue weighted by atomic mass is 10.0. The number of nitrogens with one attached hydrogen (secondary N) is 1. The molecule has 6 nitrogen and oxygen atoms in total. The summed E-state index contributed by atoms with van der Waals surface area (Å²) < 4.78 is 5.76. The molecule has 0 bridgehead atoms. The van der Waals surface area contributed by atoms with Gasteiger partial charge in [0.05, 0.1) is 25.2 Å². The fourth-order valence-electron chi connectivity index (χ4n) is 6.62. The Balaban J connectivity index is 4.78. The van der Waals surface area contributed by atoms with Gasteiger partial charge >= 0.3 is 5.97 Å². The van der Waals surface area contributed by atoms with Crippen LogP contribution < -0.4 is 5.32 Å². The van der Waals surface area contributed by atoms with Crippen molar-refractivity contribution in [2.75, 3.05) is 6.61 Å². The molecule has 0 spiro atoms. The van der Waals surface area contributed by atoms with Crippen molar-refractivity contribution >= 4 is 11.9 Å². The van der Waals surface area contributed by atoms with Crippen LogP contribution >= 0.6 is 0 Å². The van der Waals surface area contributed by atoms with Gasteiger partial charge in [-0.25, -0.2) is 0 Å². The summed E-state index contributed by atoms with van der Waals surface area (Å²) in [5.74, 6) is -0.709. The number of carbonyl (C=O) groups is 2. The number of rotatable bonds is 41. The molecule has 0 aliphatic heterocycles. The highest BCUT2D eigenvalue weighted by Gasteiger charge is 2.23. The third-order valence-corrected chi connectivity index (χ3v) is 10.2. The third-order valence-electron chi connectivity index (χ3n) is 10.2. The minimum Gasteiger partial charge on any atom is -0.458 e. The van der Waals surface area contributed by atoms with Crippen LogP contribution in [0.25, 0.3) is 0 Å². The predicted octanol–water partition coefficient (Wildman–Crippen LogP) is 14.0. The van der Waals surface area contributed by atoms with Crippen LogP contribution in [0.5, 0.6) is 0 Å². The summed E-state index contributed by atoms with van der Waals surface area (Å²) in [6.07, 6.45) is 58.2. The van der Waals surface area contributed by atoms with Gasteiger partial charge in [-0.3, -0.25) is 9.59 Å². The number of hydrogen-bond acceptors (Lipinski definition) is 5. The molecule has 0 rings (SSSR count). The zero-order chi connectivity index (χ0) is 42.4. The van der Waals surface area contributed by atoms with Crippen LogP contribution in [0.15, 0.2) is 85.1 Å². The molecule has 0 saturated heterocycles. The van der Waals surface area contributed by atoms with E-state index < -0.39 is 18.2 Å². The standard InChI is InChI=1S/C52H89NO5/c1-4-7-10-13-16-19-22-24-25-26-27-30-33-36-39-42-45-52(57)58-48(43-40-37-34-31-28-21-18-15-12-9-6-3)46-51(56)53-49(47-54)50(55)44-41-38-35-32-29-23-20-17-14-11-8-5-2/h7,10,16,19,24-25,27,30-31,34,36,39-40,43,48-50,54-55H,4-6,8-9,11-15,17-18,20-23,26,28-29,32-33,35,37-38,41-42,44-47H2,1-3H3,(H,53,56)/b10-7+,19-16+,25-24+,30-27+,34-31-,39-36+,43-40+. The Hall–Kier alpha value is -2.96. The minimum absolute atomic E-state index is 0.0623. The molecular formula is C52H89NO5. The third kappa shape index (κ3) is 39.8. The predicted molar refractivity (Wildman–Crippen MR) is 250 cm³/mol. The monoisotopic (exact) mass is 808 g/mol. The van der Waals surface area contributed by atoms with E-state index >= 15 is 0 Å². The Morgan fingerprint density at radius 2 is 0.966 bits per heavy atom. The first-order valence-corrected chi connectivity index (χ1v) is 23.8. The van der Waals surface area contributed by atoms with E-state index in [4.69, 9.17) is 4.74 Å². The molecule has 3 unspecified atom stereocenters. The van der Waals surface area contributed by atoms with Crippen LogP contribution in [-0.4, -0.2) is 46.9 Å². The zero-order valence-corrected chi connectivity index (χ0v) is 37.6. The normalized spacial score (nSPS) is 14.1. The summed E-state index contributed by atoms with van der Waals surface area (Å²) in [5.41, 5.74) is 0. The number of aliphatic hydroxyl groups is 2. The van der Waals surface area contributed by atoms with E-state index in [9.17, 15) is 19.8 Å². The maximum atomic E-state index is 13.1. The lowest BCUT2D eigenvalue weighted by molar-refractivity contribution is -0.148. The summed E-state index contributed by atoms with van der Waals surface area (Å²) in [5, 5.41) is 23.6. The van der Waals surface area contributed by atoms with Gasteiger partial charge in [0.25, 0.3) is 0 Å². The van der Waals surface area contributed by atoms with E-state index in [-0.39, 0.29) is 31.3 Å². The van der Waals surface area contributed by atoms with E-state index in [1.54, 1.807) is 6.08 Å². The number of esters is 1. The number of allylic oxidation sites excluding steroid dienone is 13. The maximum Gasteiger partial charge on any atom is 0.306 e. The van der Waals surface area contributed by atoms with Crippen molar-refractivity contribution in [3.05, 3.63) is 85.1 Å². The number of hydrogen-bond donors (Lipinski definition) is 3. The molecule has 0 fully saturated rings. The molecule has 0 heterocycles. The van der Waals surface area contributed by atoms with Crippen LogP contribution in [-0.2, 0) is 14.3 Å². The molecular weight excluding hydrogens is 719 g/mol. The van der Waals surface area contributed by atoms with Crippen LogP contribution in [0.3, 0.4) is 0 Å². The second-order valence-electron chi connectivity index (χ2n) is 15.8. The number of aliphatic hydroxyl groups excluding tert-OH is 2. The van der Waals surface area contributed by atoms with Gasteiger partial charge < -0.3 is 20.3 Å². The number of ether oxygens (including phenoxy) is 1. The van der Waals surface area contributed by atoms with Crippen molar-refractivity contribution in [1.82, 2.24) is 5.32 Å². The molecule has 0 aromatic carbocycles. The summed E-state index contributed by atoms with van der Waals surface area (Å²) in [6, 6.07) is -0.749. The number of carbonyl (C=O) groups excluding carboxylic acids is 2. The topological polar surface area (TPSA) is 95.9 Å². The van der Waals surface area contributed by atoms with Crippen molar-refractivity contribution in [2.45, 2.75) is 225 Å². The van der Waals surface area contributed by atoms with E-state index in [0.717, 1.165) is 57.8 Å². The summed E-state index contributed by atoms with van der Waals surface area (Å²) >= 11 is 0. The Bertz CT molecular complexity index is 1130. The fourth-order valence-corrected chi connectivity index (χ4v) is 6.62. The highest BCUT2D eigenvalue weighted by atomic mass is 16.5. The number of amides is 1. The van der Waals surface area contributed by atoms with Gasteiger partial charge in [-0.15, -0.1) is 0 Å². The SMILES string of the molecule is CC/C=C/C/C=C/C/C=C/C/C=C/C/C=C/CCC(=O)OC(/C=C/C/C=C\CCCCCCCC)CC(=O)NC(CO)C(O)CCCCCCCCCCCCCC. The van der Waals surface area contributed by atoms with Gasteiger partial charge in [-0.1, -0.05) is 209 Å². The van der Waals surface area contributed by atoms with Gasteiger partial charge in [0.2, 0.25) is 5.91 Å². The smallest absolute Gasteiger partial charge is 0.306 e. The minimum atomic E-state index is -0.825. The quantitative estimate of drug-likeness (QED) is 0.0325. The molecule has 58 heavy (non-hydrogen) atoms. The first kappa shape index (κ1) is 55.0. The molecule has 0 saturated carbocycles. The Morgan fingerprint density at radius 3 is 1.47 bits per heavy atom. The van der Waals surface area contributed by atoms with E-state index in [0.29, 0.717) is 19.3 Å². The molecule has 1 amide bonds. The van der Waals surface area contributed by atoms with E-state index in [1.165, 1.54) is 96.3 Å². The molecule has 0 aliphatic carbocycles. The summed E-state index contributed by atoms with van der Waals surface area (Å²) in [4.78, 5) is 25.9. The molecule has 0 aromatic rings. The molecule has 332 valence electrons. The lowest BCUT2D eigenvalue weighted by Crippen LogP contribution is -2.46. The van der Waals surface area contributed by atoms with Gasteiger partial charge in [0, 0.05) is 6.42 Å². The highest BCUT2D eigenvalue weighted by Crippen LogP contribution is 2.15. The van der Waals surface area contributed by atoms with Crippen molar-refractivity contribution in [3.63, 3.8) is 0 Å². The summed E-state index contributed by atoms with van der Waals surface area (Å²) in [6.45, 7) is 6.29. The molecule has 3 N–H and O–H groups in total. The zero-order valence-electron chi connectivity index (χ0n) is 37.6. The number of unbranched alkanes of at least 4 members (excludes halogenated alkanes) is 17. The first-order valence-electron chi connectivity index (χ1n) is 23.8. The van der Waals surface area contributed by atoms with Crippen molar-refractivity contribution in [1.29, 1.82) is 0 Å². The molecule has 3 atom stereocenters. The average molecular weight is 808 g/mol. The van der Waals surface area contributed by atoms with Crippen LogP contribution in [0.4, 0.5) is 0 Å². The molecule has 6 heteroatoms. The van der Waals surface area contributed by atoms with E-state index in [1.807, 2.05) is 12.2 Å². The van der Waals surface area contributed by atoms with Gasteiger partial charge in [0.15, 0.2) is 0 Å². The van der Waals surface area contributed by atoms with Crippen LogP contribution in [0, 0.1) is 0 Å². The highest BCUT2D eigenvalue weighted by molar-refractivity contribution is 5.78. The fraction of sp³-hybridized carbons (Fsp3) is 0.692. The average Bonchev–Trinajstić information content (AvgIpc) is 3.22. The van der Waals surface area contributed by atoms with Crippen LogP contribution in [0.2, 0.25) is 0 Å². The largest absolute Gasteiger partial charge is 0.458 e. The van der Waals surface area contributed by atoms with Gasteiger partial charge in [0.1, 0.15) is 6.10 Å². The van der Waals surface area contributed by atoms with E-state index in [2.05, 4.69) is 92.9 Å². The van der Waals surface area contributed by atoms with Crippen molar-refractivity contribution < 1.29 is 24.5 Å². The van der Waals surface area contributed by atoms with Crippen LogP contribution in [0.1, 0.15) is 207 Å². The first-order chi connectivity index (χ1) is 28.5. The maximum absolute atomic E-state index is 13.1. The molecule has 0 radical (unpaired) electrons. The summed E-state index contributed by atoms with van der Waals surface area (Å²) in [7, 11) is 0. The Kier molecular flexibility index (Phi) is 42.8. The van der Waals surface area contributed by atoms with Crippen molar-refractivity contribution in [2.24, 2.45) is 0 Å². The molecule has 0 aliphatic rings. The van der Waals surface area contributed by atoms with Gasteiger partial charge in [-0.05, 0) is 70.3 Å². The van der Waals surface area contributed by atoms with Crippen molar-refractivity contribution in [3.8, 4) is 0 Å². The molecule has 0 aromatic heterocycles. The second kappa shape index (κ2) is 45.1. The Morgan fingerprint density at radius 1 is 0.534 bits per heavy atom. The van der Waals surface area contributed by atoms with Gasteiger partial charge in [-0.2, -0.15) is 0 Å². The second-order valence-corrected chi connectivity index (χ2v) is 15.8. The Labute approximate surface area is 357 Å².